The van der Waals surface area contributed by atoms with E-state index < -0.39 is 0 Å². The summed E-state index contributed by atoms with van der Waals surface area (Å²) < 4.78 is 4.95. The van der Waals surface area contributed by atoms with Crippen molar-refractivity contribution in [3.63, 3.8) is 0 Å². The zero-order valence-electron chi connectivity index (χ0n) is 9.20. The number of rotatable bonds is 4. The lowest BCUT2D eigenvalue weighted by Crippen LogP contribution is -2.36. The molecule has 0 saturated heterocycles. The van der Waals surface area contributed by atoms with Crippen LogP contribution in [0.15, 0.2) is 4.52 Å². The Labute approximate surface area is 88.5 Å². The molecule has 15 heavy (non-hydrogen) atoms. The van der Waals surface area contributed by atoms with Crippen LogP contribution in [0.4, 0.5) is 0 Å². The summed E-state index contributed by atoms with van der Waals surface area (Å²) in [5, 5.41) is 15.2. The quantitative estimate of drug-likeness (QED) is 0.754. The van der Waals surface area contributed by atoms with Gasteiger partial charge in [0.15, 0.2) is 0 Å². The highest BCUT2D eigenvalue weighted by molar-refractivity contribution is 5.79. The van der Waals surface area contributed by atoms with Gasteiger partial charge in [0.2, 0.25) is 5.91 Å². The van der Waals surface area contributed by atoms with Gasteiger partial charge in [-0.15, -0.1) is 0 Å². The lowest BCUT2D eigenvalue weighted by atomic mass is 10.1. The molecule has 1 amide bonds. The van der Waals surface area contributed by atoms with Gasteiger partial charge in [-0.3, -0.25) is 4.79 Å². The van der Waals surface area contributed by atoms with E-state index in [4.69, 9.17) is 9.63 Å². The highest BCUT2D eigenvalue weighted by atomic mass is 16.5. The summed E-state index contributed by atoms with van der Waals surface area (Å²) in [4.78, 5) is 11.5. The molecule has 0 unspecified atom stereocenters. The number of carbonyl (C=O) groups is 1. The first-order valence-electron chi connectivity index (χ1n) is 4.86. The van der Waals surface area contributed by atoms with Gasteiger partial charge in [0.05, 0.1) is 18.7 Å². The summed E-state index contributed by atoms with van der Waals surface area (Å²) in [6, 6.07) is -0.224. The first-order chi connectivity index (χ1) is 7.04. The number of nitrogens with one attached hydrogen (secondary N) is 1. The number of aliphatic hydroxyl groups excluding tert-OH is 1. The van der Waals surface area contributed by atoms with E-state index >= 15 is 0 Å². The molecular weight excluding hydrogens is 196 g/mol. The van der Waals surface area contributed by atoms with Crippen LogP contribution in [0.1, 0.15) is 23.9 Å². The Morgan fingerprint density at radius 2 is 2.27 bits per heavy atom. The van der Waals surface area contributed by atoms with E-state index in [9.17, 15) is 4.79 Å². The van der Waals surface area contributed by atoms with Gasteiger partial charge < -0.3 is 14.9 Å². The summed E-state index contributed by atoms with van der Waals surface area (Å²) in [5.74, 6) is 0.533. The van der Waals surface area contributed by atoms with Crippen molar-refractivity contribution >= 4 is 5.91 Å². The molecule has 5 heteroatoms. The lowest BCUT2D eigenvalue weighted by molar-refractivity contribution is -0.121. The van der Waals surface area contributed by atoms with Gasteiger partial charge in [-0.2, -0.15) is 0 Å². The fourth-order valence-corrected chi connectivity index (χ4v) is 1.29. The van der Waals surface area contributed by atoms with Crippen LogP contribution in [-0.4, -0.2) is 28.8 Å². The Hall–Kier alpha value is -1.36. The Morgan fingerprint density at radius 1 is 1.60 bits per heavy atom. The first-order valence-corrected chi connectivity index (χ1v) is 4.86. The third-order valence-electron chi connectivity index (χ3n) is 2.20. The number of amides is 1. The Morgan fingerprint density at radius 3 is 2.73 bits per heavy atom. The molecular formula is C10H16N2O3. The summed E-state index contributed by atoms with van der Waals surface area (Å²) >= 11 is 0. The number of hydrogen-bond donors (Lipinski definition) is 2. The van der Waals surface area contributed by atoms with Gasteiger partial charge >= 0.3 is 0 Å². The largest absolute Gasteiger partial charge is 0.394 e. The molecule has 1 rings (SSSR count). The molecule has 1 heterocycles. The zero-order chi connectivity index (χ0) is 11.4. The molecule has 5 nitrogen and oxygen atoms in total. The van der Waals surface area contributed by atoms with E-state index in [0.717, 1.165) is 11.3 Å². The average Bonchev–Trinajstić information content (AvgIpc) is 2.49. The van der Waals surface area contributed by atoms with Gasteiger partial charge in [-0.1, -0.05) is 5.16 Å². The number of aromatic nitrogens is 1. The molecule has 1 atom stereocenters. The van der Waals surface area contributed by atoms with E-state index in [1.807, 2.05) is 0 Å². The van der Waals surface area contributed by atoms with Crippen molar-refractivity contribution in [2.24, 2.45) is 0 Å². The molecule has 84 valence electrons. The van der Waals surface area contributed by atoms with Crippen molar-refractivity contribution in [3.8, 4) is 0 Å². The molecule has 0 aliphatic carbocycles. The number of carbonyl (C=O) groups excluding carboxylic acids is 1. The molecule has 0 aliphatic rings. The minimum absolute atomic E-state index is 0.0622. The van der Waals surface area contributed by atoms with E-state index in [-0.39, 0.29) is 25.0 Å². The average molecular weight is 212 g/mol. The molecule has 0 radical (unpaired) electrons. The van der Waals surface area contributed by atoms with Gasteiger partial charge in [0.25, 0.3) is 0 Å². The van der Waals surface area contributed by atoms with Crippen molar-refractivity contribution in [1.29, 1.82) is 0 Å². The minimum Gasteiger partial charge on any atom is -0.394 e. The van der Waals surface area contributed by atoms with Crippen LogP contribution in [0.3, 0.4) is 0 Å². The molecule has 0 spiro atoms. The number of nitrogens with zero attached hydrogens (tertiary/aromatic N) is 1. The minimum atomic E-state index is -0.224. The van der Waals surface area contributed by atoms with Crippen LogP contribution in [-0.2, 0) is 11.2 Å². The lowest BCUT2D eigenvalue weighted by Gasteiger charge is -2.10. The van der Waals surface area contributed by atoms with E-state index in [1.54, 1.807) is 20.8 Å². The smallest absolute Gasteiger partial charge is 0.224 e. The number of aryl methyl sites for hydroxylation is 2. The van der Waals surface area contributed by atoms with Crippen molar-refractivity contribution < 1.29 is 14.4 Å². The van der Waals surface area contributed by atoms with Crippen LogP contribution in [0.5, 0.6) is 0 Å². The maximum Gasteiger partial charge on any atom is 0.224 e. The van der Waals surface area contributed by atoms with Crippen LogP contribution < -0.4 is 5.32 Å². The summed E-state index contributed by atoms with van der Waals surface area (Å²) in [6.07, 6.45) is 0.242. The fourth-order valence-electron chi connectivity index (χ4n) is 1.29. The second-order valence-electron chi connectivity index (χ2n) is 3.63. The molecule has 0 bridgehead atoms. The first kappa shape index (κ1) is 11.7. The fraction of sp³-hybridized carbons (Fsp3) is 0.600. The topological polar surface area (TPSA) is 75.4 Å². The van der Waals surface area contributed by atoms with E-state index in [0.29, 0.717) is 5.76 Å². The highest BCUT2D eigenvalue weighted by Gasteiger charge is 2.14. The molecule has 1 aromatic rings. The summed E-state index contributed by atoms with van der Waals surface area (Å²) in [5.41, 5.74) is 1.55. The Balaban J connectivity index is 2.59. The molecule has 0 aliphatic heterocycles. The third-order valence-corrected chi connectivity index (χ3v) is 2.20. The van der Waals surface area contributed by atoms with Gasteiger partial charge in [0.1, 0.15) is 5.76 Å². The van der Waals surface area contributed by atoms with Crippen LogP contribution >= 0.6 is 0 Å². The van der Waals surface area contributed by atoms with Crippen LogP contribution in [0.25, 0.3) is 0 Å². The standard InChI is InChI=1S/C10H16N2O3/c1-6(5-13)11-10(14)4-9-7(2)12-15-8(9)3/h6,13H,4-5H2,1-3H3,(H,11,14)/t6-/m0/s1. The Bertz CT molecular complexity index is 327. The van der Waals surface area contributed by atoms with Crippen LogP contribution in [0, 0.1) is 13.8 Å². The SMILES string of the molecule is Cc1noc(C)c1CC(=O)N[C@@H](C)CO. The molecule has 0 saturated carbocycles. The second kappa shape index (κ2) is 4.93. The zero-order valence-corrected chi connectivity index (χ0v) is 9.20. The van der Waals surface area contributed by atoms with Gasteiger partial charge in [0, 0.05) is 11.6 Å². The van der Waals surface area contributed by atoms with Crippen LogP contribution in [0.2, 0.25) is 0 Å². The molecule has 2 N–H and O–H groups in total. The second-order valence-corrected chi connectivity index (χ2v) is 3.63. The predicted octanol–water partition coefficient (Wildman–Crippen LogP) is 0.331. The molecule has 1 aromatic heterocycles. The number of hydrogen-bond acceptors (Lipinski definition) is 4. The Kier molecular flexibility index (Phi) is 3.85. The normalized spacial score (nSPS) is 12.5. The van der Waals surface area contributed by atoms with Crippen molar-refractivity contribution in [2.75, 3.05) is 6.61 Å². The third kappa shape index (κ3) is 3.06. The molecule has 0 fully saturated rings. The monoisotopic (exact) mass is 212 g/mol. The maximum absolute atomic E-state index is 11.5. The van der Waals surface area contributed by atoms with E-state index in [2.05, 4.69) is 10.5 Å². The van der Waals surface area contributed by atoms with Crippen molar-refractivity contribution in [1.82, 2.24) is 10.5 Å². The summed E-state index contributed by atoms with van der Waals surface area (Å²) in [6.45, 7) is 5.26. The van der Waals surface area contributed by atoms with Crippen molar-refractivity contribution in [3.05, 3.63) is 17.0 Å². The maximum atomic E-state index is 11.5. The molecule has 0 aromatic carbocycles. The number of aliphatic hydroxyl groups is 1. The van der Waals surface area contributed by atoms with Gasteiger partial charge in [-0.05, 0) is 20.8 Å². The predicted molar refractivity (Wildman–Crippen MR) is 54.4 cm³/mol. The van der Waals surface area contributed by atoms with Gasteiger partial charge in [-0.25, -0.2) is 0 Å². The highest BCUT2D eigenvalue weighted by Crippen LogP contribution is 2.12. The van der Waals surface area contributed by atoms with Crippen molar-refractivity contribution in [2.45, 2.75) is 33.2 Å². The van der Waals surface area contributed by atoms with E-state index in [1.165, 1.54) is 0 Å². The summed E-state index contributed by atoms with van der Waals surface area (Å²) in [7, 11) is 0.